The van der Waals surface area contributed by atoms with Gasteiger partial charge in [0.05, 0.1) is 18.2 Å². The lowest BCUT2D eigenvalue weighted by atomic mass is 10.1. The standard InChI is InChI=1S/C10H9N3O3/c11-4-7-3-8(6-12-5-7)9-1-2-16-13(9)10(14)15/h3,5-6,9H,1-2H2,(H,14,15). The first kappa shape index (κ1) is 10.4. The van der Waals surface area contributed by atoms with Crippen molar-refractivity contribution in [2.75, 3.05) is 6.61 Å². The normalized spacial score (nSPS) is 19.4. The first-order valence-corrected chi connectivity index (χ1v) is 4.72. The number of carbonyl (C=O) groups is 1. The van der Waals surface area contributed by atoms with E-state index in [-0.39, 0.29) is 6.04 Å². The van der Waals surface area contributed by atoms with Gasteiger partial charge in [-0.25, -0.2) is 4.79 Å². The summed E-state index contributed by atoms with van der Waals surface area (Å²) >= 11 is 0. The van der Waals surface area contributed by atoms with Gasteiger partial charge >= 0.3 is 6.09 Å². The SMILES string of the molecule is N#Cc1cncc(C2CCON2C(=O)O)c1. The average Bonchev–Trinajstić information content (AvgIpc) is 2.78. The quantitative estimate of drug-likeness (QED) is 0.769. The van der Waals surface area contributed by atoms with Crippen molar-refractivity contribution in [2.45, 2.75) is 12.5 Å². The Morgan fingerprint density at radius 3 is 3.19 bits per heavy atom. The summed E-state index contributed by atoms with van der Waals surface area (Å²) in [6.45, 7) is 0.355. The summed E-state index contributed by atoms with van der Waals surface area (Å²) in [5.41, 5.74) is 1.09. The Kier molecular flexibility index (Phi) is 2.70. The third-order valence-corrected chi connectivity index (χ3v) is 2.37. The van der Waals surface area contributed by atoms with Crippen LogP contribution in [0.25, 0.3) is 0 Å². The number of rotatable bonds is 1. The maximum atomic E-state index is 10.9. The van der Waals surface area contributed by atoms with E-state index in [0.29, 0.717) is 24.2 Å². The van der Waals surface area contributed by atoms with E-state index < -0.39 is 6.09 Å². The first-order chi connectivity index (χ1) is 7.72. The van der Waals surface area contributed by atoms with E-state index >= 15 is 0 Å². The molecule has 1 unspecified atom stereocenters. The lowest BCUT2D eigenvalue weighted by Gasteiger charge is -2.18. The van der Waals surface area contributed by atoms with Crippen molar-refractivity contribution >= 4 is 6.09 Å². The molecule has 0 radical (unpaired) electrons. The van der Waals surface area contributed by atoms with Gasteiger partial charge in [0, 0.05) is 18.8 Å². The van der Waals surface area contributed by atoms with Crippen LogP contribution >= 0.6 is 0 Å². The van der Waals surface area contributed by atoms with Gasteiger partial charge in [-0.2, -0.15) is 10.3 Å². The Hall–Kier alpha value is -2.13. The molecule has 2 rings (SSSR count). The molecule has 6 nitrogen and oxygen atoms in total. The molecule has 16 heavy (non-hydrogen) atoms. The highest BCUT2D eigenvalue weighted by molar-refractivity contribution is 5.64. The smallest absolute Gasteiger partial charge is 0.432 e. The summed E-state index contributed by atoms with van der Waals surface area (Å²) < 4.78 is 0. The van der Waals surface area contributed by atoms with Crippen molar-refractivity contribution in [1.82, 2.24) is 10.0 Å². The number of hydroxylamine groups is 2. The molecule has 1 N–H and O–H groups in total. The fourth-order valence-electron chi connectivity index (χ4n) is 1.66. The lowest BCUT2D eigenvalue weighted by molar-refractivity contribution is -0.104. The molecule has 2 heterocycles. The number of carboxylic acid groups (broad SMARTS) is 1. The van der Waals surface area contributed by atoms with Gasteiger partial charge in [-0.15, -0.1) is 0 Å². The van der Waals surface area contributed by atoms with Gasteiger partial charge in [0.15, 0.2) is 0 Å². The molecule has 0 aliphatic carbocycles. The summed E-state index contributed by atoms with van der Waals surface area (Å²) in [5.74, 6) is 0. The average molecular weight is 219 g/mol. The van der Waals surface area contributed by atoms with Crippen molar-refractivity contribution in [2.24, 2.45) is 0 Å². The molecule has 1 aliphatic heterocycles. The van der Waals surface area contributed by atoms with Crippen LogP contribution in [0.5, 0.6) is 0 Å². The van der Waals surface area contributed by atoms with Gasteiger partial charge in [-0.1, -0.05) is 0 Å². The van der Waals surface area contributed by atoms with Crippen LogP contribution in [0.1, 0.15) is 23.6 Å². The number of hydrogen-bond donors (Lipinski definition) is 1. The van der Waals surface area contributed by atoms with Crippen LogP contribution in [0, 0.1) is 11.3 Å². The number of pyridine rings is 1. The molecule has 1 saturated heterocycles. The molecule has 1 atom stereocenters. The van der Waals surface area contributed by atoms with Crippen molar-refractivity contribution in [3.8, 4) is 6.07 Å². The third-order valence-electron chi connectivity index (χ3n) is 2.37. The van der Waals surface area contributed by atoms with Crippen molar-refractivity contribution in [1.29, 1.82) is 5.26 Å². The predicted octanol–water partition coefficient (Wildman–Crippen LogP) is 1.31. The Morgan fingerprint density at radius 1 is 1.69 bits per heavy atom. The van der Waals surface area contributed by atoms with E-state index in [9.17, 15) is 4.79 Å². The minimum atomic E-state index is -1.13. The zero-order valence-corrected chi connectivity index (χ0v) is 8.33. The zero-order valence-electron chi connectivity index (χ0n) is 8.33. The minimum Gasteiger partial charge on any atom is -0.463 e. The van der Waals surface area contributed by atoms with E-state index in [4.69, 9.17) is 15.2 Å². The van der Waals surface area contributed by atoms with Crippen LogP contribution in [0.4, 0.5) is 4.79 Å². The fourth-order valence-corrected chi connectivity index (χ4v) is 1.66. The van der Waals surface area contributed by atoms with E-state index in [1.54, 1.807) is 12.3 Å². The Balaban J connectivity index is 2.29. The molecule has 0 saturated carbocycles. The minimum absolute atomic E-state index is 0.355. The second-order valence-electron chi connectivity index (χ2n) is 3.36. The van der Waals surface area contributed by atoms with Gasteiger partial charge in [0.2, 0.25) is 0 Å². The van der Waals surface area contributed by atoms with Gasteiger partial charge in [0.1, 0.15) is 6.07 Å². The molecule has 1 aliphatic rings. The molecule has 6 heteroatoms. The molecule has 1 aromatic rings. The Morgan fingerprint density at radius 2 is 2.50 bits per heavy atom. The molecule has 0 bridgehead atoms. The number of hydrogen-bond acceptors (Lipinski definition) is 4. The fraction of sp³-hybridized carbons (Fsp3) is 0.300. The second-order valence-corrected chi connectivity index (χ2v) is 3.36. The molecular formula is C10H9N3O3. The summed E-state index contributed by atoms with van der Waals surface area (Å²) in [6, 6.07) is 3.22. The first-order valence-electron chi connectivity index (χ1n) is 4.72. The van der Waals surface area contributed by atoms with Gasteiger partial charge < -0.3 is 5.11 Å². The molecule has 1 amide bonds. The Labute approximate surface area is 91.6 Å². The molecule has 0 aromatic carbocycles. The van der Waals surface area contributed by atoms with E-state index in [2.05, 4.69) is 4.98 Å². The number of aromatic nitrogens is 1. The monoisotopic (exact) mass is 219 g/mol. The molecule has 1 aromatic heterocycles. The summed E-state index contributed by atoms with van der Waals surface area (Å²) in [5, 5.41) is 18.5. The largest absolute Gasteiger partial charge is 0.463 e. The lowest BCUT2D eigenvalue weighted by Crippen LogP contribution is -2.27. The van der Waals surface area contributed by atoms with Gasteiger partial charge in [-0.3, -0.25) is 9.82 Å². The van der Waals surface area contributed by atoms with Crippen LogP contribution < -0.4 is 0 Å². The second kappa shape index (κ2) is 4.16. The highest BCUT2D eigenvalue weighted by atomic mass is 16.7. The molecule has 1 fully saturated rings. The van der Waals surface area contributed by atoms with E-state index in [0.717, 1.165) is 5.06 Å². The zero-order chi connectivity index (χ0) is 11.5. The number of amides is 1. The summed E-state index contributed by atoms with van der Waals surface area (Å²) in [6.07, 6.45) is 2.42. The molecule has 82 valence electrons. The van der Waals surface area contributed by atoms with Crippen LogP contribution in [0.3, 0.4) is 0 Å². The highest BCUT2D eigenvalue weighted by Crippen LogP contribution is 2.29. The topological polar surface area (TPSA) is 86.5 Å². The van der Waals surface area contributed by atoms with E-state index in [1.165, 1.54) is 6.20 Å². The van der Waals surface area contributed by atoms with Crippen molar-refractivity contribution in [3.63, 3.8) is 0 Å². The van der Waals surface area contributed by atoms with Crippen LogP contribution in [-0.4, -0.2) is 27.9 Å². The summed E-state index contributed by atoms with van der Waals surface area (Å²) in [4.78, 5) is 19.7. The maximum absolute atomic E-state index is 10.9. The predicted molar refractivity (Wildman–Crippen MR) is 52.1 cm³/mol. The number of nitriles is 1. The Bertz CT molecular complexity index is 455. The number of nitrogens with zero attached hydrogens (tertiary/aromatic N) is 3. The van der Waals surface area contributed by atoms with E-state index in [1.807, 2.05) is 6.07 Å². The van der Waals surface area contributed by atoms with Gasteiger partial charge in [-0.05, 0) is 11.6 Å². The molecule has 0 spiro atoms. The van der Waals surface area contributed by atoms with Crippen molar-refractivity contribution < 1.29 is 14.7 Å². The van der Waals surface area contributed by atoms with Crippen LogP contribution in [-0.2, 0) is 4.84 Å². The third kappa shape index (κ3) is 1.81. The molecular weight excluding hydrogens is 210 g/mol. The van der Waals surface area contributed by atoms with Crippen molar-refractivity contribution in [3.05, 3.63) is 29.6 Å². The van der Waals surface area contributed by atoms with Gasteiger partial charge in [0.25, 0.3) is 0 Å². The van der Waals surface area contributed by atoms with Crippen LogP contribution in [0.15, 0.2) is 18.5 Å². The van der Waals surface area contributed by atoms with Crippen LogP contribution in [0.2, 0.25) is 0 Å². The maximum Gasteiger partial charge on any atom is 0.432 e. The highest BCUT2D eigenvalue weighted by Gasteiger charge is 2.31. The summed E-state index contributed by atoms with van der Waals surface area (Å²) in [7, 11) is 0.